The molecular formula is C26H39NO2. The van der Waals surface area contributed by atoms with Gasteiger partial charge >= 0.3 is 0 Å². The van der Waals surface area contributed by atoms with Crippen molar-refractivity contribution in [2.75, 3.05) is 20.6 Å². The van der Waals surface area contributed by atoms with E-state index < -0.39 is 5.60 Å². The third kappa shape index (κ3) is 6.04. The van der Waals surface area contributed by atoms with Crippen LogP contribution in [-0.4, -0.2) is 41.9 Å². The fourth-order valence-corrected chi connectivity index (χ4v) is 5.12. The molecule has 3 rings (SSSR count). The molecule has 0 heterocycles. The number of rotatable bonds is 10. The van der Waals surface area contributed by atoms with Crippen molar-refractivity contribution in [1.29, 1.82) is 0 Å². The molecule has 0 spiro atoms. The molecule has 0 aliphatic heterocycles. The van der Waals surface area contributed by atoms with E-state index in [2.05, 4.69) is 37.2 Å². The summed E-state index contributed by atoms with van der Waals surface area (Å²) in [4.78, 5) is 2.26. The Morgan fingerprint density at radius 3 is 2.62 bits per heavy atom. The molecule has 0 saturated heterocycles. The molecule has 2 N–H and O–H groups in total. The van der Waals surface area contributed by atoms with E-state index in [-0.39, 0.29) is 12.0 Å². The Morgan fingerprint density at radius 1 is 1.14 bits per heavy atom. The second-order valence-corrected chi connectivity index (χ2v) is 9.62. The Balaban J connectivity index is 1.49. The van der Waals surface area contributed by atoms with Gasteiger partial charge in [0.15, 0.2) is 0 Å². The summed E-state index contributed by atoms with van der Waals surface area (Å²) < 4.78 is 0. The maximum absolute atomic E-state index is 10.8. The molecule has 29 heavy (non-hydrogen) atoms. The van der Waals surface area contributed by atoms with Crippen LogP contribution < -0.4 is 0 Å². The molecule has 2 aliphatic rings. The minimum absolute atomic E-state index is 0.217. The third-order valence-electron chi connectivity index (χ3n) is 6.82. The molecule has 0 bridgehead atoms. The van der Waals surface area contributed by atoms with E-state index in [1.807, 2.05) is 37.3 Å². The molecule has 3 nitrogen and oxygen atoms in total. The molecule has 0 unspecified atom stereocenters. The third-order valence-corrected chi connectivity index (χ3v) is 6.82. The van der Waals surface area contributed by atoms with Crippen LogP contribution in [0.25, 0.3) is 0 Å². The van der Waals surface area contributed by atoms with Crippen molar-refractivity contribution in [2.45, 2.75) is 63.6 Å². The maximum atomic E-state index is 10.8. The van der Waals surface area contributed by atoms with E-state index in [1.165, 1.54) is 32.2 Å². The summed E-state index contributed by atoms with van der Waals surface area (Å²) in [5, 5.41) is 21.4. The highest BCUT2D eigenvalue weighted by atomic mass is 16.3. The van der Waals surface area contributed by atoms with E-state index in [9.17, 15) is 10.2 Å². The van der Waals surface area contributed by atoms with E-state index in [1.54, 1.807) is 5.57 Å². The Hall–Kier alpha value is -1.42. The summed E-state index contributed by atoms with van der Waals surface area (Å²) >= 11 is 0. The van der Waals surface area contributed by atoms with Gasteiger partial charge in [0, 0.05) is 5.92 Å². The number of hydrogen-bond donors (Lipinski definition) is 2. The van der Waals surface area contributed by atoms with Crippen LogP contribution in [0.3, 0.4) is 0 Å². The van der Waals surface area contributed by atoms with Gasteiger partial charge in [0.05, 0.1) is 11.7 Å². The highest BCUT2D eigenvalue weighted by molar-refractivity contribution is 5.23. The maximum Gasteiger partial charge on any atom is 0.0902 e. The topological polar surface area (TPSA) is 43.7 Å². The van der Waals surface area contributed by atoms with Gasteiger partial charge in [0.2, 0.25) is 0 Å². The summed E-state index contributed by atoms with van der Waals surface area (Å²) in [5.41, 5.74) is 1.67. The van der Waals surface area contributed by atoms with Crippen molar-refractivity contribution in [1.82, 2.24) is 4.90 Å². The molecule has 2 aliphatic carbocycles. The van der Waals surface area contributed by atoms with Gasteiger partial charge in [-0.1, -0.05) is 60.6 Å². The summed E-state index contributed by atoms with van der Waals surface area (Å²) in [6.45, 7) is 3.04. The number of allylic oxidation sites excluding steroid dienone is 2. The van der Waals surface area contributed by atoms with Crippen molar-refractivity contribution in [3.8, 4) is 0 Å². The van der Waals surface area contributed by atoms with Crippen LogP contribution in [0.1, 0.15) is 57.4 Å². The number of aliphatic hydroxyl groups excluding tert-OH is 1. The van der Waals surface area contributed by atoms with Gasteiger partial charge in [0.1, 0.15) is 0 Å². The summed E-state index contributed by atoms with van der Waals surface area (Å²) in [6, 6.07) is 9.84. The first-order valence-corrected chi connectivity index (χ1v) is 11.3. The molecule has 1 fully saturated rings. The van der Waals surface area contributed by atoms with Crippen molar-refractivity contribution in [3.05, 3.63) is 59.7 Å². The first-order valence-electron chi connectivity index (χ1n) is 11.3. The van der Waals surface area contributed by atoms with Crippen LogP contribution in [0.5, 0.6) is 0 Å². The highest BCUT2D eigenvalue weighted by Crippen LogP contribution is 2.48. The van der Waals surface area contributed by atoms with E-state index in [0.717, 1.165) is 18.4 Å². The predicted octanol–water partition coefficient (Wildman–Crippen LogP) is 4.91. The van der Waals surface area contributed by atoms with Gasteiger partial charge in [-0.15, -0.1) is 0 Å². The highest BCUT2D eigenvalue weighted by Gasteiger charge is 2.43. The summed E-state index contributed by atoms with van der Waals surface area (Å²) in [5.74, 6) is 1.29. The van der Waals surface area contributed by atoms with Crippen LogP contribution in [0, 0.1) is 17.8 Å². The molecule has 0 amide bonds. The number of aliphatic hydroxyl groups is 2. The van der Waals surface area contributed by atoms with Crippen molar-refractivity contribution >= 4 is 0 Å². The molecule has 160 valence electrons. The van der Waals surface area contributed by atoms with Gasteiger partial charge in [-0.3, -0.25) is 0 Å². The average Bonchev–Trinajstić information content (AvgIpc) is 3.19. The fourth-order valence-electron chi connectivity index (χ4n) is 5.12. The normalized spacial score (nSPS) is 28.7. The molecule has 3 heteroatoms. The van der Waals surface area contributed by atoms with Crippen molar-refractivity contribution < 1.29 is 10.2 Å². The van der Waals surface area contributed by atoms with Crippen LogP contribution in [0.2, 0.25) is 0 Å². The number of hydrogen-bond acceptors (Lipinski definition) is 3. The SMILES string of the molecule is CN(C)CCCCCC1=C[C@H]2C[C@@H](O)[C@H](/C=C/C[C@@](C)(O)c3ccccc3)[C@H]2C1. The fraction of sp³-hybridized carbons (Fsp3) is 0.615. The van der Waals surface area contributed by atoms with Crippen LogP contribution in [-0.2, 0) is 5.60 Å². The average molecular weight is 398 g/mol. The second kappa shape index (κ2) is 10.1. The lowest BCUT2D eigenvalue weighted by atomic mass is 9.87. The summed E-state index contributed by atoms with van der Waals surface area (Å²) in [7, 11) is 4.28. The van der Waals surface area contributed by atoms with Gasteiger partial charge in [-0.25, -0.2) is 0 Å². The number of benzene rings is 1. The van der Waals surface area contributed by atoms with E-state index in [0.29, 0.717) is 18.3 Å². The predicted molar refractivity (Wildman–Crippen MR) is 121 cm³/mol. The zero-order chi connectivity index (χ0) is 20.9. The van der Waals surface area contributed by atoms with Crippen LogP contribution in [0.15, 0.2) is 54.1 Å². The first-order chi connectivity index (χ1) is 13.9. The lowest BCUT2D eigenvalue weighted by Gasteiger charge is -2.23. The van der Waals surface area contributed by atoms with Crippen molar-refractivity contribution in [3.63, 3.8) is 0 Å². The molecule has 0 aromatic heterocycles. The van der Waals surface area contributed by atoms with E-state index in [4.69, 9.17) is 0 Å². The van der Waals surface area contributed by atoms with Gasteiger partial charge in [0.25, 0.3) is 0 Å². The molecule has 0 radical (unpaired) electrons. The lowest BCUT2D eigenvalue weighted by Crippen LogP contribution is -2.21. The zero-order valence-corrected chi connectivity index (χ0v) is 18.4. The largest absolute Gasteiger partial charge is 0.392 e. The van der Waals surface area contributed by atoms with Gasteiger partial charge < -0.3 is 15.1 Å². The van der Waals surface area contributed by atoms with E-state index >= 15 is 0 Å². The Morgan fingerprint density at radius 2 is 1.90 bits per heavy atom. The lowest BCUT2D eigenvalue weighted by molar-refractivity contribution is 0.0601. The standard InChI is InChI=1S/C26H39NO2/c1-26(29,22-12-7-4-8-13-22)15-10-14-23-24-18-20(17-21(24)19-25(23)28)11-6-5-9-16-27(2)3/h4,7-8,10,12-14,17,21,23-25,28-29H,5-6,9,11,15-16,18-19H2,1-3H3/b14-10+/t21-,23+,24-,25+,26+/m0/s1. The molecule has 1 aromatic carbocycles. The Labute approximate surface area is 177 Å². The number of nitrogens with zero attached hydrogens (tertiary/aromatic N) is 1. The Kier molecular flexibility index (Phi) is 7.72. The van der Waals surface area contributed by atoms with Gasteiger partial charge in [-0.2, -0.15) is 0 Å². The number of unbranched alkanes of at least 4 members (excludes halogenated alkanes) is 2. The molecule has 1 aromatic rings. The monoisotopic (exact) mass is 397 g/mol. The quantitative estimate of drug-likeness (QED) is 0.436. The molecule has 1 saturated carbocycles. The zero-order valence-electron chi connectivity index (χ0n) is 18.4. The minimum atomic E-state index is -0.869. The van der Waals surface area contributed by atoms with Crippen LogP contribution in [0.4, 0.5) is 0 Å². The van der Waals surface area contributed by atoms with Crippen LogP contribution >= 0.6 is 0 Å². The van der Waals surface area contributed by atoms with Crippen molar-refractivity contribution in [2.24, 2.45) is 17.8 Å². The smallest absolute Gasteiger partial charge is 0.0902 e. The van der Waals surface area contributed by atoms with Gasteiger partial charge in [-0.05, 0) is 83.5 Å². The number of fused-ring (bicyclic) bond motifs is 1. The molecular weight excluding hydrogens is 358 g/mol. The second-order valence-electron chi connectivity index (χ2n) is 9.62. The Bertz CT molecular complexity index is 692. The minimum Gasteiger partial charge on any atom is -0.392 e. The first kappa shape index (κ1) is 22.3. The summed E-state index contributed by atoms with van der Waals surface area (Å²) in [6.07, 6.45) is 14.2. The molecule has 5 atom stereocenters.